The first-order valence-corrected chi connectivity index (χ1v) is 4.81. The van der Waals surface area contributed by atoms with Gasteiger partial charge >= 0.3 is 5.97 Å². The van der Waals surface area contributed by atoms with Crippen LogP contribution in [0.25, 0.3) is 0 Å². The van der Waals surface area contributed by atoms with E-state index < -0.39 is 0 Å². The first kappa shape index (κ1) is 10.5. The van der Waals surface area contributed by atoms with Crippen LogP contribution in [0.2, 0.25) is 0 Å². The maximum absolute atomic E-state index is 11.1. The van der Waals surface area contributed by atoms with E-state index in [0.717, 1.165) is 6.42 Å². The third kappa shape index (κ3) is 2.21. The van der Waals surface area contributed by atoms with Crippen molar-refractivity contribution >= 4 is 5.97 Å². The monoisotopic (exact) mass is 186 g/mol. The lowest BCUT2D eigenvalue weighted by Crippen LogP contribution is -2.49. The smallest absolute Gasteiger partial charge is 0.306 e. The van der Waals surface area contributed by atoms with Crippen molar-refractivity contribution < 1.29 is 14.6 Å². The molecule has 0 aromatic heterocycles. The molecule has 2 atom stereocenters. The van der Waals surface area contributed by atoms with Crippen molar-refractivity contribution in [2.45, 2.75) is 39.7 Å². The van der Waals surface area contributed by atoms with E-state index in [-0.39, 0.29) is 23.4 Å². The molecule has 0 aliphatic heterocycles. The first-order valence-electron chi connectivity index (χ1n) is 4.81. The van der Waals surface area contributed by atoms with E-state index in [9.17, 15) is 9.90 Å². The Balaban J connectivity index is 2.30. The fourth-order valence-electron chi connectivity index (χ4n) is 2.00. The molecule has 1 aliphatic rings. The van der Waals surface area contributed by atoms with Crippen molar-refractivity contribution in [3.05, 3.63) is 0 Å². The summed E-state index contributed by atoms with van der Waals surface area (Å²) < 4.78 is 4.81. The van der Waals surface area contributed by atoms with Crippen LogP contribution in [0.15, 0.2) is 0 Å². The average Bonchev–Trinajstić information content (AvgIpc) is 2.03. The van der Waals surface area contributed by atoms with E-state index in [4.69, 9.17) is 4.74 Å². The zero-order chi connectivity index (χ0) is 10.1. The molecule has 0 saturated heterocycles. The number of carbonyl (C=O) groups is 1. The SMILES string of the molecule is CCOC(=O)C[C@@H]1CC(C)(C)[C@H]1O. The molecule has 0 aromatic rings. The zero-order valence-electron chi connectivity index (χ0n) is 8.54. The zero-order valence-corrected chi connectivity index (χ0v) is 8.54. The van der Waals surface area contributed by atoms with Crippen molar-refractivity contribution in [3.8, 4) is 0 Å². The van der Waals surface area contributed by atoms with Crippen LogP contribution in [0.1, 0.15) is 33.6 Å². The number of esters is 1. The van der Waals surface area contributed by atoms with Gasteiger partial charge in [-0.15, -0.1) is 0 Å². The molecule has 0 unspecified atom stereocenters. The fourth-order valence-corrected chi connectivity index (χ4v) is 2.00. The van der Waals surface area contributed by atoms with Crippen LogP contribution in [0.5, 0.6) is 0 Å². The van der Waals surface area contributed by atoms with Crippen molar-refractivity contribution in [2.24, 2.45) is 11.3 Å². The van der Waals surface area contributed by atoms with Crippen LogP contribution in [0.4, 0.5) is 0 Å². The normalized spacial score (nSPS) is 30.8. The lowest BCUT2D eigenvalue weighted by Gasteiger charge is -2.47. The summed E-state index contributed by atoms with van der Waals surface area (Å²) in [7, 11) is 0. The lowest BCUT2D eigenvalue weighted by molar-refractivity contribution is -0.154. The maximum Gasteiger partial charge on any atom is 0.306 e. The molecule has 3 heteroatoms. The minimum absolute atomic E-state index is 0.0167. The Labute approximate surface area is 79.1 Å². The van der Waals surface area contributed by atoms with Crippen LogP contribution < -0.4 is 0 Å². The number of hydrogen-bond acceptors (Lipinski definition) is 3. The molecule has 1 rings (SSSR count). The lowest BCUT2D eigenvalue weighted by atomic mass is 9.61. The molecule has 0 amide bonds. The van der Waals surface area contributed by atoms with Gasteiger partial charge in [0.25, 0.3) is 0 Å². The fraction of sp³-hybridized carbons (Fsp3) is 0.900. The van der Waals surface area contributed by atoms with Gasteiger partial charge < -0.3 is 9.84 Å². The molecular weight excluding hydrogens is 168 g/mol. The van der Waals surface area contributed by atoms with Crippen molar-refractivity contribution in [3.63, 3.8) is 0 Å². The molecule has 1 fully saturated rings. The molecule has 0 radical (unpaired) electrons. The molecule has 76 valence electrons. The molecule has 1 saturated carbocycles. The Morgan fingerprint density at radius 1 is 1.62 bits per heavy atom. The summed E-state index contributed by atoms with van der Waals surface area (Å²) >= 11 is 0. The number of hydrogen-bond donors (Lipinski definition) is 1. The Morgan fingerprint density at radius 2 is 2.23 bits per heavy atom. The van der Waals surface area contributed by atoms with Crippen molar-refractivity contribution in [1.29, 1.82) is 0 Å². The third-order valence-corrected chi connectivity index (χ3v) is 2.77. The summed E-state index contributed by atoms with van der Waals surface area (Å²) in [5, 5.41) is 9.64. The Bertz CT molecular complexity index is 198. The van der Waals surface area contributed by atoms with Gasteiger partial charge in [0.05, 0.1) is 19.1 Å². The molecular formula is C10H18O3. The molecule has 0 spiro atoms. The highest BCUT2D eigenvalue weighted by molar-refractivity contribution is 5.69. The minimum Gasteiger partial charge on any atom is -0.466 e. The Kier molecular flexibility index (Phi) is 2.96. The summed E-state index contributed by atoms with van der Waals surface area (Å²) in [5.74, 6) is -0.0869. The molecule has 1 N–H and O–H groups in total. The van der Waals surface area contributed by atoms with E-state index in [1.54, 1.807) is 6.92 Å². The summed E-state index contributed by atoms with van der Waals surface area (Å²) in [6.45, 7) is 6.24. The topological polar surface area (TPSA) is 46.5 Å². The van der Waals surface area contributed by atoms with Crippen LogP contribution in [0.3, 0.4) is 0 Å². The van der Waals surface area contributed by atoms with Gasteiger partial charge in [-0.1, -0.05) is 13.8 Å². The minimum atomic E-state index is -0.350. The number of rotatable bonds is 3. The van der Waals surface area contributed by atoms with Crippen LogP contribution in [0, 0.1) is 11.3 Å². The largest absolute Gasteiger partial charge is 0.466 e. The highest BCUT2D eigenvalue weighted by Gasteiger charge is 2.46. The van der Waals surface area contributed by atoms with E-state index in [1.165, 1.54) is 0 Å². The quantitative estimate of drug-likeness (QED) is 0.677. The predicted octanol–water partition coefficient (Wildman–Crippen LogP) is 1.35. The highest BCUT2D eigenvalue weighted by Crippen LogP contribution is 2.46. The molecule has 3 nitrogen and oxygen atoms in total. The van der Waals surface area contributed by atoms with E-state index in [1.807, 2.05) is 13.8 Å². The molecule has 0 heterocycles. The van der Waals surface area contributed by atoms with E-state index >= 15 is 0 Å². The average molecular weight is 186 g/mol. The standard InChI is InChI=1S/C10H18O3/c1-4-13-8(11)5-7-6-10(2,3)9(7)12/h7,9,12H,4-6H2,1-3H3/t7-,9+/m1/s1. The summed E-state index contributed by atoms with van der Waals surface area (Å²) in [6, 6.07) is 0. The van der Waals surface area contributed by atoms with Gasteiger partial charge in [-0.25, -0.2) is 0 Å². The molecule has 1 aliphatic carbocycles. The van der Waals surface area contributed by atoms with Gasteiger partial charge in [-0.2, -0.15) is 0 Å². The third-order valence-electron chi connectivity index (χ3n) is 2.77. The number of ether oxygens (including phenoxy) is 1. The van der Waals surface area contributed by atoms with Crippen molar-refractivity contribution in [2.75, 3.05) is 6.61 Å². The second-order valence-corrected chi connectivity index (χ2v) is 4.41. The number of carbonyl (C=O) groups excluding carboxylic acids is 1. The number of aliphatic hydroxyl groups excluding tert-OH is 1. The van der Waals surface area contributed by atoms with Gasteiger partial charge in [-0.05, 0) is 24.7 Å². The predicted molar refractivity (Wildman–Crippen MR) is 49.1 cm³/mol. The molecule has 0 bridgehead atoms. The van der Waals surface area contributed by atoms with E-state index in [2.05, 4.69) is 0 Å². The maximum atomic E-state index is 11.1. The van der Waals surface area contributed by atoms with Crippen molar-refractivity contribution in [1.82, 2.24) is 0 Å². The molecule has 13 heavy (non-hydrogen) atoms. The van der Waals surface area contributed by atoms with Gasteiger partial charge in [0.2, 0.25) is 0 Å². The summed E-state index contributed by atoms with van der Waals surface area (Å²) in [6.07, 6.45) is 0.919. The first-order chi connectivity index (χ1) is 5.97. The Hall–Kier alpha value is -0.570. The summed E-state index contributed by atoms with van der Waals surface area (Å²) in [4.78, 5) is 11.1. The summed E-state index contributed by atoms with van der Waals surface area (Å²) in [5.41, 5.74) is -0.0167. The molecule has 0 aromatic carbocycles. The van der Waals surface area contributed by atoms with Crippen LogP contribution in [-0.4, -0.2) is 23.8 Å². The van der Waals surface area contributed by atoms with Gasteiger partial charge in [0.1, 0.15) is 0 Å². The van der Waals surface area contributed by atoms with E-state index in [0.29, 0.717) is 13.0 Å². The van der Waals surface area contributed by atoms with Crippen LogP contribution in [-0.2, 0) is 9.53 Å². The van der Waals surface area contributed by atoms with Crippen LogP contribution >= 0.6 is 0 Å². The van der Waals surface area contributed by atoms with Gasteiger partial charge in [-0.3, -0.25) is 4.79 Å². The second-order valence-electron chi connectivity index (χ2n) is 4.41. The number of aliphatic hydroxyl groups is 1. The Morgan fingerprint density at radius 3 is 2.62 bits per heavy atom. The van der Waals surface area contributed by atoms with Gasteiger partial charge in [0, 0.05) is 0 Å². The van der Waals surface area contributed by atoms with Gasteiger partial charge in [0.15, 0.2) is 0 Å². The second kappa shape index (κ2) is 3.66. The highest BCUT2D eigenvalue weighted by atomic mass is 16.5.